The molecule has 0 fully saturated rings. The number of rotatable bonds is 4. The maximum Gasteiger partial charge on any atom is 0.274 e. The number of aliphatic hydroxyl groups is 1. The van der Waals surface area contributed by atoms with Crippen molar-refractivity contribution < 1.29 is 9.90 Å². The lowest BCUT2D eigenvalue weighted by Crippen LogP contribution is -2.13. The van der Waals surface area contributed by atoms with Crippen molar-refractivity contribution in [2.24, 2.45) is 0 Å². The summed E-state index contributed by atoms with van der Waals surface area (Å²) >= 11 is 0. The Labute approximate surface area is 105 Å². The van der Waals surface area contributed by atoms with E-state index in [1.165, 1.54) is 0 Å². The van der Waals surface area contributed by atoms with Gasteiger partial charge in [0.1, 0.15) is 5.69 Å². The summed E-state index contributed by atoms with van der Waals surface area (Å²) in [5.41, 5.74) is 2.14. The van der Waals surface area contributed by atoms with Crippen molar-refractivity contribution in [3.63, 3.8) is 0 Å². The van der Waals surface area contributed by atoms with E-state index in [0.29, 0.717) is 17.8 Å². The summed E-state index contributed by atoms with van der Waals surface area (Å²) < 4.78 is 0. The maximum atomic E-state index is 11.8. The van der Waals surface area contributed by atoms with Crippen molar-refractivity contribution >= 4 is 11.6 Å². The Balaban J connectivity index is 2.03. The molecule has 1 amide bonds. The predicted octanol–water partition coefficient (Wildman–Crippen LogP) is 1.87. The van der Waals surface area contributed by atoms with Crippen molar-refractivity contribution in [1.82, 2.24) is 4.98 Å². The van der Waals surface area contributed by atoms with Gasteiger partial charge in [0.2, 0.25) is 0 Å². The van der Waals surface area contributed by atoms with E-state index in [1.54, 1.807) is 24.4 Å². The van der Waals surface area contributed by atoms with Gasteiger partial charge < -0.3 is 10.4 Å². The van der Waals surface area contributed by atoms with Crippen LogP contribution in [0.3, 0.4) is 0 Å². The molecule has 1 heterocycles. The van der Waals surface area contributed by atoms with Crippen LogP contribution in [-0.4, -0.2) is 22.6 Å². The molecular weight excluding hydrogens is 228 g/mol. The minimum absolute atomic E-state index is 0.125. The fourth-order valence-electron chi connectivity index (χ4n) is 1.58. The number of pyridine rings is 1. The van der Waals surface area contributed by atoms with E-state index in [0.717, 1.165) is 5.56 Å². The number of benzene rings is 1. The van der Waals surface area contributed by atoms with Gasteiger partial charge in [0.25, 0.3) is 5.91 Å². The third-order valence-electron chi connectivity index (χ3n) is 2.51. The molecule has 0 aliphatic heterocycles. The molecule has 4 heteroatoms. The lowest BCUT2D eigenvalue weighted by Gasteiger charge is -2.05. The molecule has 0 saturated carbocycles. The number of amides is 1. The first-order valence-corrected chi connectivity index (χ1v) is 5.72. The zero-order valence-corrected chi connectivity index (χ0v) is 9.84. The topological polar surface area (TPSA) is 62.2 Å². The summed E-state index contributed by atoms with van der Waals surface area (Å²) in [6.07, 6.45) is 2.20. The molecule has 92 valence electrons. The molecule has 4 nitrogen and oxygen atoms in total. The summed E-state index contributed by atoms with van der Waals surface area (Å²) in [6.45, 7) is 0.125. The number of aliphatic hydroxyl groups excluding tert-OH is 1. The Bertz CT molecular complexity index is 509. The van der Waals surface area contributed by atoms with E-state index in [-0.39, 0.29) is 12.5 Å². The fraction of sp³-hybridized carbons (Fsp3) is 0.143. The Kier molecular flexibility index (Phi) is 4.04. The Morgan fingerprint density at radius 1 is 1.17 bits per heavy atom. The van der Waals surface area contributed by atoms with Crippen LogP contribution in [0.1, 0.15) is 16.1 Å². The number of hydrogen-bond donors (Lipinski definition) is 2. The van der Waals surface area contributed by atoms with Crippen molar-refractivity contribution in [3.8, 4) is 0 Å². The van der Waals surface area contributed by atoms with Crippen LogP contribution < -0.4 is 5.32 Å². The number of aromatic nitrogens is 1. The zero-order valence-electron chi connectivity index (χ0n) is 9.84. The first-order valence-electron chi connectivity index (χ1n) is 5.72. The number of carbonyl (C=O) groups excluding carboxylic acids is 1. The average Bonchev–Trinajstić information content (AvgIpc) is 2.42. The van der Waals surface area contributed by atoms with Crippen molar-refractivity contribution in [2.75, 3.05) is 11.9 Å². The summed E-state index contributed by atoms with van der Waals surface area (Å²) in [6, 6.07) is 12.6. The number of nitrogens with one attached hydrogen (secondary N) is 1. The average molecular weight is 242 g/mol. The van der Waals surface area contributed by atoms with Crippen molar-refractivity contribution in [3.05, 3.63) is 59.9 Å². The van der Waals surface area contributed by atoms with E-state index in [2.05, 4.69) is 10.3 Å². The van der Waals surface area contributed by atoms with Crippen molar-refractivity contribution in [2.45, 2.75) is 6.42 Å². The van der Waals surface area contributed by atoms with E-state index in [1.807, 2.05) is 24.3 Å². The molecule has 0 spiro atoms. The lowest BCUT2D eigenvalue weighted by molar-refractivity contribution is 0.102. The Morgan fingerprint density at radius 2 is 1.94 bits per heavy atom. The van der Waals surface area contributed by atoms with Crippen LogP contribution in [0.2, 0.25) is 0 Å². The molecule has 0 radical (unpaired) electrons. The largest absolute Gasteiger partial charge is 0.396 e. The predicted molar refractivity (Wildman–Crippen MR) is 69.4 cm³/mol. The molecule has 0 saturated heterocycles. The third kappa shape index (κ3) is 3.15. The minimum atomic E-state index is -0.231. The van der Waals surface area contributed by atoms with Crippen LogP contribution in [0, 0.1) is 0 Å². The number of hydrogen-bond acceptors (Lipinski definition) is 3. The molecule has 1 aromatic carbocycles. The molecule has 0 aliphatic carbocycles. The number of nitrogens with zero attached hydrogens (tertiary/aromatic N) is 1. The van der Waals surface area contributed by atoms with Gasteiger partial charge in [0, 0.05) is 18.5 Å². The molecule has 0 bridgehead atoms. The highest BCUT2D eigenvalue weighted by Crippen LogP contribution is 2.11. The summed E-state index contributed by atoms with van der Waals surface area (Å²) in [5, 5.41) is 11.6. The highest BCUT2D eigenvalue weighted by Gasteiger charge is 2.06. The van der Waals surface area contributed by atoms with Crippen LogP contribution in [-0.2, 0) is 6.42 Å². The van der Waals surface area contributed by atoms with E-state index in [4.69, 9.17) is 5.11 Å². The Hall–Kier alpha value is -2.20. The van der Waals surface area contributed by atoms with Crippen LogP contribution in [0.4, 0.5) is 5.69 Å². The fourth-order valence-corrected chi connectivity index (χ4v) is 1.58. The summed E-state index contributed by atoms with van der Waals surface area (Å²) in [7, 11) is 0. The molecule has 0 atom stereocenters. The molecular formula is C14H14N2O2. The molecule has 0 unspecified atom stereocenters. The Morgan fingerprint density at radius 3 is 2.56 bits per heavy atom. The first-order chi connectivity index (χ1) is 8.79. The van der Waals surface area contributed by atoms with Gasteiger partial charge in [0.15, 0.2) is 0 Å². The van der Waals surface area contributed by atoms with Gasteiger partial charge in [-0.25, -0.2) is 0 Å². The van der Waals surface area contributed by atoms with Gasteiger partial charge in [0.05, 0.1) is 0 Å². The van der Waals surface area contributed by atoms with E-state index < -0.39 is 0 Å². The smallest absolute Gasteiger partial charge is 0.274 e. The monoisotopic (exact) mass is 242 g/mol. The normalized spacial score (nSPS) is 10.1. The molecule has 1 aromatic heterocycles. The second kappa shape index (κ2) is 5.93. The number of anilines is 1. The van der Waals surface area contributed by atoms with Crippen LogP contribution in [0.25, 0.3) is 0 Å². The van der Waals surface area contributed by atoms with Gasteiger partial charge in [-0.3, -0.25) is 9.78 Å². The van der Waals surface area contributed by atoms with Gasteiger partial charge in [-0.15, -0.1) is 0 Å². The highest BCUT2D eigenvalue weighted by molar-refractivity contribution is 6.02. The molecule has 2 aromatic rings. The van der Waals surface area contributed by atoms with Crippen molar-refractivity contribution in [1.29, 1.82) is 0 Å². The minimum Gasteiger partial charge on any atom is -0.396 e. The molecule has 2 rings (SSSR count). The third-order valence-corrected chi connectivity index (χ3v) is 2.51. The van der Waals surface area contributed by atoms with Crippen LogP contribution >= 0.6 is 0 Å². The van der Waals surface area contributed by atoms with Crippen LogP contribution in [0.5, 0.6) is 0 Å². The first kappa shape index (κ1) is 12.3. The zero-order chi connectivity index (χ0) is 12.8. The van der Waals surface area contributed by atoms with Crippen LogP contribution in [0.15, 0.2) is 48.7 Å². The maximum absolute atomic E-state index is 11.8. The van der Waals surface area contributed by atoms with E-state index in [9.17, 15) is 4.79 Å². The van der Waals surface area contributed by atoms with Gasteiger partial charge in [-0.05, 0) is 36.2 Å². The highest BCUT2D eigenvalue weighted by atomic mass is 16.2. The standard InChI is InChI=1S/C14H14N2O2/c17-10-8-11-4-6-12(7-5-11)16-14(18)13-3-1-2-9-15-13/h1-7,9,17H,8,10H2,(H,16,18). The second-order valence-electron chi connectivity index (χ2n) is 3.84. The number of carbonyl (C=O) groups is 1. The van der Waals surface area contributed by atoms with Gasteiger partial charge >= 0.3 is 0 Å². The quantitative estimate of drug-likeness (QED) is 0.860. The van der Waals surface area contributed by atoms with E-state index >= 15 is 0 Å². The summed E-state index contributed by atoms with van der Waals surface area (Å²) in [5.74, 6) is -0.231. The lowest BCUT2D eigenvalue weighted by atomic mass is 10.1. The molecule has 2 N–H and O–H groups in total. The SMILES string of the molecule is O=C(Nc1ccc(CCO)cc1)c1ccccn1. The second-order valence-corrected chi connectivity index (χ2v) is 3.84. The van der Waals surface area contributed by atoms with Gasteiger partial charge in [-0.2, -0.15) is 0 Å². The molecule has 18 heavy (non-hydrogen) atoms. The summed E-state index contributed by atoms with van der Waals surface area (Å²) in [4.78, 5) is 15.8. The van der Waals surface area contributed by atoms with Gasteiger partial charge in [-0.1, -0.05) is 18.2 Å². The molecule has 0 aliphatic rings.